The Morgan fingerprint density at radius 2 is 1.80 bits per heavy atom. The molecule has 2 amide bonds. The average Bonchev–Trinajstić information content (AvgIpc) is 2.57. The zero-order valence-corrected chi connectivity index (χ0v) is 10.5. The van der Waals surface area contributed by atoms with Crippen LogP contribution in [-0.4, -0.2) is 57.9 Å². The highest BCUT2D eigenvalue weighted by molar-refractivity contribution is 7.87. The summed E-state index contributed by atoms with van der Waals surface area (Å²) in [4.78, 5) is 40.4. The van der Waals surface area contributed by atoms with Crippen molar-refractivity contribution in [2.75, 3.05) is 0 Å². The van der Waals surface area contributed by atoms with Gasteiger partial charge in [0.15, 0.2) is 5.25 Å². The fourth-order valence-electron chi connectivity index (χ4n) is 0.997. The summed E-state index contributed by atoms with van der Waals surface area (Å²) in [6, 6.07) is 0. The van der Waals surface area contributed by atoms with E-state index in [1.807, 2.05) is 0 Å². The van der Waals surface area contributed by atoms with Gasteiger partial charge in [0.05, 0.1) is 12.8 Å². The van der Waals surface area contributed by atoms with Gasteiger partial charge in [-0.1, -0.05) is 0 Å². The molecule has 0 spiro atoms. The first-order valence-corrected chi connectivity index (χ1v) is 6.28. The van der Waals surface area contributed by atoms with Crippen molar-refractivity contribution in [3.05, 3.63) is 0 Å². The number of rotatable bonds is 4. The van der Waals surface area contributed by atoms with Gasteiger partial charge in [-0.25, -0.2) is 4.79 Å². The molecule has 1 atom stereocenters. The Hall–Kier alpha value is -2.34. The zero-order valence-electron chi connectivity index (χ0n) is 9.69. The van der Waals surface area contributed by atoms with Crippen molar-refractivity contribution < 1.29 is 42.4 Å². The number of nitrogens with one attached hydrogen (secondary N) is 2. The Labute approximate surface area is 111 Å². The van der Waals surface area contributed by atoms with Crippen LogP contribution < -0.4 is 5.32 Å². The number of carbonyl (C=O) groups is 4. The van der Waals surface area contributed by atoms with Crippen molar-refractivity contribution in [2.24, 2.45) is 0 Å². The van der Waals surface area contributed by atoms with Gasteiger partial charge in [-0.3, -0.25) is 29.7 Å². The van der Waals surface area contributed by atoms with Crippen molar-refractivity contribution in [3.8, 4) is 0 Å². The van der Waals surface area contributed by atoms with E-state index >= 15 is 0 Å². The molecule has 0 radical (unpaired) electrons. The molecule has 0 aliphatic carbocycles. The summed E-state index contributed by atoms with van der Waals surface area (Å²) in [6.45, 7) is 0. The minimum atomic E-state index is -4.42. The molecule has 1 fully saturated rings. The number of imide groups is 1. The van der Waals surface area contributed by atoms with E-state index in [4.69, 9.17) is 20.2 Å². The van der Waals surface area contributed by atoms with Crippen LogP contribution in [-0.2, 0) is 29.3 Å². The third-order valence-corrected chi connectivity index (χ3v) is 2.97. The summed E-state index contributed by atoms with van der Waals surface area (Å²) in [5, 5.41) is 22.5. The second kappa shape index (κ2) is 6.72. The molecular weight excluding hydrogens is 300 g/mol. The molecule has 0 aromatic rings. The largest absolute Gasteiger partial charge is 0.481 e. The molecule has 11 nitrogen and oxygen atoms in total. The highest BCUT2D eigenvalue weighted by Crippen LogP contribution is 2.09. The van der Waals surface area contributed by atoms with E-state index in [1.54, 1.807) is 5.32 Å². The molecule has 1 aliphatic heterocycles. The molecule has 1 saturated heterocycles. The molecule has 1 heterocycles. The number of carboxylic acids is 2. The van der Waals surface area contributed by atoms with Gasteiger partial charge < -0.3 is 10.2 Å². The molecular formula is C8H10N2O9S. The fourth-order valence-corrected chi connectivity index (χ4v) is 1.69. The number of carboxylic acid groups (broad SMARTS) is 2. The van der Waals surface area contributed by atoms with Crippen molar-refractivity contribution in [1.82, 2.24) is 5.32 Å². The number of hydrogen-bond acceptors (Lipinski definition) is 7. The minimum absolute atomic E-state index is 0.488. The molecule has 1 unspecified atom stereocenters. The van der Waals surface area contributed by atoms with Crippen molar-refractivity contribution >= 4 is 39.6 Å². The van der Waals surface area contributed by atoms with Gasteiger partial charge in [0.2, 0.25) is 11.8 Å². The molecule has 20 heavy (non-hydrogen) atoms. The Morgan fingerprint density at radius 3 is 1.95 bits per heavy atom. The van der Waals surface area contributed by atoms with Gasteiger partial charge in [-0.15, -0.1) is 0 Å². The topological polar surface area (TPSA) is 199 Å². The van der Waals surface area contributed by atoms with Crippen LogP contribution in [0.4, 0.5) is 0 Å². The van der Waals surface area contributed by atoms with Crippen molar-refractivity contribution in [2.45, 2.75) is 18.1 Å². The van der Waals surface area contributed by atoms with Gasteiger partial charge >= 0.3 is 11.9 Å². The first kappa shape index (κ1) is 17.7. The second-order valence-electron chi connectivity index (χ2n) is 3.47. The van der Waals surface area contributed by atoms with E-state index in [9.17, 15) is 27.6 Å². The maximum absolute atomic E-state index is 10.6. The lowest BCUT2D eigenvalue weighted by Gasteiger charge is -1.98. The van der Waals surface area contributed by atoms with Gasteiger partial charge in [-0.05, 0) is 0 Å². The molecule has 1 rings (SSSR count). The van der Waals surface area contributed by atoms with Crippen molar-refractivity contribution in [3.63, 3.8) is 0 Å². The Kier molecular flexibility index (Phi) is 5.93. The molecule has 5 N–H and O–H groups in total. The fraction of sp³-hybridized carbons (Fsp3) is 0.375. The lowest BCUT2D eigenvalue weighted by Crippen LogP contribution is -2.30. The lowest BCUT2D eigenvalue weighted by molar-refractivity contribution is -0.137. The van der Waals surface area contributed by atoms with E-state index in [0.717, 1.165) is 0 Å². The Morgan fingerprint density at radius 1 is 1.30 bits per heavy atom. The van der Waals surface area contributed by atoms with Gasteiger partial charge in [0, 0.05) is 0 Å². The average molecular weight is 310 g/mol. The van der Waals surface area contributed by atoms with E-state index in [-0.39, 0.29) is 0 Å². The van der Waals surface area contributed by atoms with Gasteiger partial charge in [0.1, 0.15) is 5.71 Å². The van der Waals surface area contributed by atoms with Gasteiger partial charge in [0.25, 0.3) is 10.1 Å². The van der Waals surface area contributed by atoms with Gasteiger partial charge in [-0.2, -0.15) is 8.42 Å². The SMILES string of the molecule is N=C(CC(=O)O)C(=O)O.O=C1CC(S(=O)(=O)O)C(=O)N1. The van der Waals surface area contributed by atoms with Crippen LogP contribution in [0.5, 0.6) is 0 Å². The summed E-state index contributed by atoms with van der Waals surface area (Å²) in [7, 11) is -4.42. The summed E-state index contributed by atoms with van der Waals surface area (Å²) < 4.78 is 29.0. The first-order valence-electron chi connectivity index (χ1n) is 4.77. The van der Waals surface area contributed by atoms with Crippen LogP contribution in [0.25, 0.3) is 0 Å². The maximum atomic E-state index is 10.6. The van der Waals surface area contributed by atoms with Crippen molar-refractivity contribution in [1.29, 1.82) is 5.41 Å². The van der Waals surface area contributed by atoms with Crippen LogP contribution in [0.2, 0.25) is 0 Å². The third kappa shape index (κ3) is 6.01. The number of amides is 2. The number of carbonyl (C=O) groups excluding carboxylic acids is 2. The smallest absolute Gasteiger partial charge is 0.350 e. The molecule has 12 heteroatoms. The summed E-state index contributed by atoms with van der Waals surface area (Å²) in [5.74, 6) is -4.44. The molecule has 0 saturated carbocycles. The minimum Gasteiger partial charge on any atom is -0.481 e. The highest BCUT2D eigenvalue weighted by atomic mass is 32.2. The van der Waals surface area contributed by atoms with E-state index in [2.05, 4.69) is 0 Å². The van der Waals surface area contributed by atoms with E-state index in [0.29, 0.717) is 0 Å². The summed E-state index contributed by atoms with van der Waals surface area (Å²) in [6.07, 6.45) is -1.22. The summed E-state index contributed by atoms with van der Waals surface area (Å²) in [5.41, 5.74) is -0.803. The Bertz CT molecular complexity index is 564. The van der Waals surface area contributed by atoms with E-state index in [1.165, 1.54) is 0 Å². The molecule has 0 aromatic carbocycles. The third-order valence-electron chi connectivity index (χ3n) is 1.87. The van der Waals surface area contributed by atoms with Crippen LogP contribution in [0, 0.1) is 5.41 Å². The molecule has 1 aliphatic rings. The monoisotopic (exact) mass is 310 g/mol. The highest BCUT2D eigenvalue weighted by Gasteiger charge is 2.39. The lowest BCUT2D eigenvalue weighted by atomic mass is 10.3. The molecule has 0 aromatic heterocycles. The van der Waals surface area contributed by atoms with Crippen LogP contribution in [0.1, 0.15) is 12.8 Å². The molecule has 112 valence electrons. The second-order valence-corrected chi connectivity index (χ2v) is 5.07. The normalized spacial score (nSPS) is 17.8. The number of hydrogen-bond donors (Lipinski definition) is 5. The summed E-state index contributed by atoms with van der Waals surface area (Å²) >= 11 is 0. The zero-order chi connectivity index (χ0) is 16.1. The standard InChI is InChI=1S/C4H5NO5S.C4H5NO4/c6-3-1-2(4(7)5-3)11(8,9)10;5-2(4(8)9)1-3(6)7/h2H,1H2,(H,5,6,7)(H,8,9,10);5H,1H2,(H,6,7)(H,8,9). The van der Waals surface area contributed by atoms with E-state index < -0.39 is 57.7 Å². The van der Waals surface area contributed by atoms with Crippen LogP contribution >= 0.6 is 0 Å². The van der Waals surface area contributed by atoms with Crippen LogP contribution in [0.3, 0.4) is 0 Å². The number of aliphatic carboxylic acids is 2. The predicted molar refractivity (Wildman–Crippen MR) is 60.7 cm³/mol. The molecule has 0 bridgehead atoms. The predicted octanol–water partition coefficient (Wildman–Crippen LogP) is -2.15. The maximum Gasteiger partial charge on any atom is 0.350 e. The first-order chi connectivity index (χ1) is 8.95. The quantitative estimate of drug-likeness (QED) is 0.218. The van der Waals surface area contributed by atoms with Crippen LogP contribution in [0.15, 0.2) is 0 Å². The Balaban J connectivity index is 0.000000370.